The molecule has 2 aromatic rings. The highest BCUT2D eigenvalue weighted by atomic mass is 16.5. The van der Waals surface area contributed by atoms with Gasteiger partial charge in [-0.3, -0.25) is 4.79 Å². The highest BCUT2D eigenvalue weighted by Crippen LogP contribution is 2.42. The third-order valence-corrected chi connectivity index (χ3v) is 5.43. The zero-order chi connectivity index (χ0) is 20.1. The van der Waals surface area contributed by atoms with Crippen LogP contribution < -0.4 is 4.74 Å². The minimum absolute atomic E-state index is 0.0346. The van der Waals surface area contributed by atoms with Crippen molar-refractivity contribution in [1.29, 1.82) is 0 Å². The Kier molecular flexibility index (Phi) is 6.02. The molecule has 1 fully saturated rings. The monoisotopic (exact) mass is 381 g/mol. The Labute approximate surface area is 166 Å². The van der Waals surface area contributed by atoms with Gasteiger partial charge in [0.1, 0.15) is 5.75 Å². The minimum Gasteiger partial charge on any atom is -0.494 e. The standard InChI is InChI=1S/C23H27NO4/c1-4-14-28-20-12-10-19(11-13-20)16-24-21(25)17(2)23(24,22(26)27-3)15-18-8-6-5-7-9-18/h5-13,17H,4,14-16H2,1-3H3/t17-,23+/m1/s1. The number of esters is 1. The Hall–Kier alpha value is -2.82. The summed E-state index contributed by atoms with van der Waals surface area (Å²) >= 11 is 0. The molecule has 5 nitrogen and oxygen atoms in total. The van der Waals surface area contributed by atoms with Gasteiger partial charge in [0.15, 0.2) is 5.54 Å². The van der Waals surface area contributed by atoms with Gasteiger partial charge in [0.05, 0.1) is 19.6 Å². The number of ether oxygens (including phenoxy) is 2. The summed E-state index contributed by atoms with van der Waals surface area (Å²) in [6.45, 7) is 4.90. The van der Waals surface area contributed by atoms with E-state index >= 15 is 0 Å². The Bertz CT molecular complexity index is 818. The van der Waals surface area contributed by atoms with Crippen molar-refractivity contribution in [2.75, 3.05) is 13.7 Å². The number of benzene rings is 2. The van der Waals surface area contributed by atoms with Crippen LogP contribution >= 0.6 is 0 Å². The highest BCUT2D eigenvalue weighted by molar-refractivity contribution is 6.01. The summed E-state index contributed by atoms with van der Waals surface area (Å²) < 4.78 is 10.7. The maximum Gasteiger partial charge on any atom is 0.332 e. The number of likely N-dealkylation sites (tertiary alicyclic amines) is 1. The van der Waals surface area contributed by atoms with E-state index in [2.05, 4.69) is 6.92 Å². The van der Waals surface area contributed by atoms with Crippen LogP contribution in [-0.2, 0) is 27.3 Å². The van der Waals surface area contributed by atoms with Crippen LogP contribution in [0.25, 0.3) is 0 Å². The number of amides is 1. The zero-order valence-corrected chi connectivity index (χ0v) is 16.7. The number of β-lactam (4-membered cyclic amide) rings is 1. The number of carbonyl (C=O) groups is 2. The molecule has 1 aliphatic rings. The van der Waals surface area contributed by atoms with Crippen LogP contribution in [0.3, 0.4) is 0 Å². The largest absolute Gasteiger partial charge is 0.494 e. The second-order valence-electron chi connectivity index (χ2n) is 7.22. The number of rotatable bonds is 8. The second-order valence-corrected chi connectivity index (χ2v) is 7.22. The number of hydrogen-bond acceptors (Lipinski definition) is 4. The van der Waals surface area contributed by atoms with Crippen molar-refractivity contribution in [2.45, 2.75) is 38.8 Å². The summed E-state index contributed by atoms with van der Waals surface area (Å²) in [4.78, 5) is 27.2. The topological polar surface area (TPSA) is 55.8 Å². The SMILES string of the molecule is CCCOc1ccc(CN2C(=O)[C@@H](C)[C@@]2(Cc2ccccc2)C(=O)OC)cc1. The Balaban J connectivity index is 1.84. The van der Waals surface area contributed by atoms with E-state index in [1.165, 1.54) is 7.11 Å². The highest BCUT2D eigenvalue weighted by Gasteiger charge is 2.63. The van der Waals surface area contributed by atoms with E-state index in [4.69, 9.17) is 9.47 Å². The molecule has 0 N–H and O–H groups in total. The van der Waals surface area contributed by atoms with Crippen LogP contribution in [0.1, 0.15) is 31.4 Å². The van der Waals surface area contributed by atoms with Crippen molar-refractivity contribution in [2.24, 2.45) is 5.92 Å². The molecule has 5 heteroatoms. The van der Waals surface area contributed by atoms with Crippen LogP contribution in [0.15, 0.2) is 54.6 Å². The summed E-state index contributed by atoms with van der Waals surface area (Å²) in [5.74, 6) is -0.0243. The molecule has 1 heterocycles. The van der Waals surface area contributed by atoms with E-state index in [0.717, 1.165) is 23.3 Å². The molecule has 0 unspecified atom stereocenters. The molecule has 2 aromatic carbocycles. The van der Waals surface area contributed by atoms with Gasteiger partial charge >= 0.3 is 5.97 Å². The first kappa shape index (κ1) is 19.9. The van der Waals surface area contributed by atoms with E-state index in [-0.39, 0.29) is 11.9 Å². The normalized spacial score (nSPS) is 21.2. The van der Waals surface area contributed by atoms with Gasteiger partial charge in [0.2, 0.25) is 5.91 Å². The van der Waals surface area contributed by atoms with Crippen molar-refractivity contribution < 1.29 is 19.1 Å². The van der Waals surface area contributed by atoms with Crippen molar-refractivity contribution in [3.05, 3.63) is 65.7 Å². The maximum atomic E-state index is 12.8. The van der Waals surface area contributed by atoms with Gasteiger partial charge in [-0.25, -0.2) is 4.79 Å². The third kappa shape index (κ3) is 3.61. The molecular weight excluding hydrogens is 354 g/mol. The van der Waals surface area contributed by atoms with E-state index in [0.29, 0.717) is 19.6 Å². The van der Waals surface area contributed by atoms with Gasteiger partial charge in [0.25, 0.3) is 0 Å². The van der Waals surface area contributed by atoms with E-state index in [9.17, 15) is 9.59 Å². The summed E-state index contributed by atoms with van der Waals surface area (Å²) in [7, 11) is 1.38. The fourth-order valence-corrected chi connectivity index (χ4v) is 3.81. The molecule has 3 rings (SSSR count). The first-order chi connectivity index (χ1) is 13.5. The average Bonchev–Trinajstić information content (AvgIpc) is 2.75. The Morgan fingerprint density at radius 1 is 1.07 bits per heavy atom. The van der Waals surface area contributed by atoms with Crippen LogP contribution in [0.4, 0.5) is 0 Å². The second kappa shape index (κ2) is 8.46. The van der Waals surface area contributed by atoms with Gasteiger partial charge < -0.3 is 14.4 Å². The van der Waals surface area contributed by atoms with Crippen molar-refractivity contribution in [1.82, 2.24) is 4.90 Å². The molecular formula is C23H27NO4. The first-order valence-electron chi connectivity index (χ1n) is 9.68. The van der Waals surface area contributed by atoms with Crippen LogP contribution in [0.5, 0.6) is 5.75 Å². The molecule has 28 heavy (non-hydrogen) atoms. The fourth-order valence-electron chi connectivity index (χ4n) is 3.81. The van der Waals surface area contributed by atoms with Crippen molar-refractivity contribution >= 4 is 11.9 Å². The molecule has 1 saturated heterocycles. The van der Waals surface area contributed by atoms with Crippen LogP contribution in [0.2, 0.25) is 0 Å². The lowest BCUT2D eigenvalue weighted by Gasteiger charge is -2.54. The molecule has 0 radical (unpaired) electrons. The maximum absolute atomic E-state index is 12.8. The van der Waals surface area contributed by atoms with E-state index < -0.39 is 11.5 Å². The van der Waals surface area contributed by atoms with E-state index in [1.54, 1.807) is 11.8 Å². The van der Waals surface area contributed by atoms with E-state index in [1.807, 2.05) is 54.6 Å². The molecule has 148 valence electrons. The quantitative estimate of drug-likeness (QED) is 0.518. The zero-order valence-electron chi connectivity index (χ0n) is 16.7. The predicted octanol–water partition coefficient (Wildman–Crippen LogP) is 3.61. The average molecular weight is 381 g/mol. The lowest BCUT2D eigenvalue weighted by Crippen LogP contribution is -2.74. The third-order valence-electron chi connectivity index (χ3n) is 5.43. The molecule has 0 aliphatic carbocycles. The predicted molar refractivity (Wildman–Crippen MR) is 107 cm³/mol. The first-order valence-corrected chi connectivity index (χ1v) is 9.68. The fraction of sp³-hybridized carbons (Fsp3) is 0.391. The molecule has 1 aliphatic heterocycles. The van der Waals surface area contributed by atoms with Gasteiger partial charge in [-0.2, -0.15) is 0 Å². The molecule has 1 amide bonds. The lowest BCUT2D eigenvalue weighted by atomic mass is 9.70. The smallest absolute Gasteiger partial charge is 0.332 e. The minimum atomic E-state index is -0.982. The summed E-state index contributed by atoms with van der Waals surface area (Å²) in [6, 6.07) is 17.4. The van der Waals surface area contributed by atoms with Gasteiger partial charge in [-0.05, 0) is 29.7 Å². The van der Waals surface area contributed by atoms with Gasteiger partial charge in [-0.15, -0.1) is 0 Å². The van der Waals surface area contributed by atoms with Crippen molar-refractivity contribution in [3.8, 4) is 5.75 Å². The number of methoxy groups -OCH3 is 1. The Morgan fingerprint density at radius 2 is 1.75 bits per heavy atom. The molecule has 0 spiro atoms. The summed E-state index contributed by atoms with van der Waals surface area (Å²) in [6.07, 6.45) is 1.38. The number of hydrogen-bond donors (Lipinski definition) is 0. The summed E-state index contributed by atoms with van der Waals surface area (Å²) in [5, 5.41) is 0. The summed E-state index contributed by atoms with van der Waals surface area (Å²) in [5.41, 5.74) is 0.968. The molecule has 0 aromatic heterocycles. The molecule has 0 bridgehead atoms. The molecule has 0 saturated carbocycles. The van der Waals surface area contributed by atoms with Gasteiger partial charge in [-0.1, -0.05) is 56.3 Å². The molecule has 2 atom stereocenters. The van der Waals surface area contributed by atoms with Crippen LogP contribution in [-0.4, -0.2) is 36.0 Å². The number of nitrogens with zero attached hydrogens (tertiary/aromatic N) is 1. The van der Waals surface area contributed by atoms with Crippen LogP contribution in [0, 0.1) is 5.92 Å². The van der Waals surface area contributed by atoms with Crippen molar-refractivity contribution in [3.63, 3.8) is 0 Å². The van der Waals surface area contributed by atoms with Gasteiger partial charge in [0, 0.05) is 13.0 Å². The number of carbonyl (C=O) groups excluding carboxylic acids is 2. The lowest BCUT2D eigenvalue weighted by molar-refractivity contribution is -0.190. The Morgan fingerprint density at radius 3 is 2.36 bits per heavy atom.